The zero-order chi connectivity index (χ0) is 42.5. The molecule has 0 aliphatic heterocycles. The smallest absolute Gasteiger partial charge is 0.212 e. The number of fused-ring (bicyclic) bond motifs is 7. The molecule has 2 aliphatic carbocycles. The third-order valence-electron chi connectivity index (χ3n) is 9.25. The predicted molar refractivity (Wildman–Crippen MR) is 175 cm³/mol. The molecule has 0 atom stereocenters. The highest BCUT2D eigenvalue weighted by atomic mass is 32.2. The summed E-state index contributed by atoms with van der Waals surface area (Å²) in [6.45, 7) is 0. The quantitative estimate of drug-likeness (QED) is 0.0561. The van der Waals surface area contributed by atoms with E-state index >= 15 is 0 Å². The average molecular weight is 839 g/mol. The molecule has 0 fully saturated rings. The minimum Gasteiger partial charge on any atom is -0.218 e. The molecule has 20 heteroatoms. The first-order valence-corrected chi connectivity index (χ1v) is 18.4. The molecule has 0 bridgehead atoms. The topological polar surface area (TPSA) is 163 Å². The standard InChI is InChI=1S/C38H8F10N4O4S2/c39-27-29(41)33(45)37(34(46)30(27)42)57(53,54)15-1-3-17-18-5-6-20-23(13(9-49)10-50)22-8-16(58(55,56)38-35(47)31(43)28(40)32(44)36(38)48)2-4-19(22)25(20)26(18)24(21(17)7-15)14(11-51)12-52/h1-8H. The van der Waals surface area contributed by atoms with Crippen LogP contribution in [0.15, 0.2) is 79.3 Å². The van der Waals surface area contributed by atoms with Crippen molar-refractivity contribution >= 4 is 30.8 Å². The molecule has 0 saturated heterocycles. The number of hydrogen-bond donors (Lipinski definition) is 0. The molecule has 0 radical (unpaired) electrons. The lowest BCUT2D eigenvalue weighted by atomic mass is 9.90. The van der Waals surface area contributed by atoms with Gasteiger partial charge in [-0.2, -0.15) is 21.0 Å². The first-order valence-electron chi connectivity index (χ1n) is 15.4. The Hall–Kier alpha value is -7.26. The van der Waals surface area contributed by atoms with Gasteiger partial charge in [0, 0.05) is 16.7 Å². The Balaban J connectivity index is 1.52. The van der Waals surface area contributed by atoms with E-state index in [4.69, 9.17) is 0 Å². The zero-order valence-corrected chi connectivity index (χ0v) is 29.3. The Morgan fingerprint density at radius 2 is 0.707 bits per heavy atom. The fraction of sp³-hybridized carbons (Fsp3) is 0. The third kappa shape index (κ3) is 5.09. The van der Waals surface area contributed by atoms with Crippen LogP contribution in [0, 0.1) is 103 Å². The van der Waals surface area contributed by atoms with Gasteiger partial charge in [-0.25, -0.2) is 60.7 Å². The first kappa shape index (κ1) is 39.0. The maximum atomic E-state index is 14.8. The van der Waals surface area contributed by atoms with Crippen molar-refractivity contribution < 1.29 is 60.7 Å². The van der Waals surface area contributed by atoms with Gasteiger partial charge in [0.2, 0.25) is 31.3 Å². The normalized spacial score (nSPS) is 12.4. The van der Waals surface area contributed by atoms with Crippen LogP contribution in [-0.2, 0) is 19.7 Å². The average Bonchev–Trinajstić information content (AvgIpc) is 3.71. The van der Waals surface area contributed by atoms with Crippen LogP contribution < -0.4 is 0 Å². The Bertz CT molecular complexity index is 3230. The van der Waals surface area contributed by atoms with E-state index in [1.807, 2.05) is 0 Å². The van der Waals surface area contributed by atoms with Crippen molar-refractivity contribution in [3.63, 3.8) is 0 Å². The molecule has 7 rings (SSSR count). The number of rotatable bonds is 4. The fourth-order valence-corrected chi connectivity index (χ4v) is 9.60. The predicted octanol–water partition coefficient (Wildman–Crippen LogP) is 8.40. The van der Waals surface area contributed by atoms with Crippen molar-refractivity contribution in [2.45, 2.75) is 19.6 Å². The largest absolute Gasteiger partial charge is 0.218 e. The number of nitrogens with zero attached hydrogens (tertiary/aromatic N) is 4. The van der Waals surface area contributed by atoms with Gasteiger partial charge in [0.1, 0.15) is 45.2 Å². The maximum absolute atomic E-state index is 14.8. The van der Waals surface area contributed by atoms with Gasteiger partial charge >= 0.3 is 0 Å². The highest BCUT2D eigenvalue weighted by Gasteiger charge is 2.41. The van der Waals surface area contributed by atoms with Crippen molar-refractivity contribution in [1.82, 2.24) is 0 Å². The molecule has 286 valence electrons. The summed E-state index contributed by atoms with van der Waals surface area (Å²) in [6.07, 6.45) is 0. The minimum absolute atomic E-state index is 0.0115. The monoisotopic (exact) mass is 838 g/mol. The molecular formula is C38H8F10N4O4S2. The van der Waals surface area contributed by atoms with Gasteiger partial charge < -0.3 is 0 Å². The first-order chi connectivity index (χ1) is 27.3. The molecular weight excluding hydrogens is 831 g/mol. The molecule has 5 aromatic carbocycles. The fourth-order valence-electron chi connectivity index (χ4n) is 6.78. The molecule has 0 unspecified atom stereocenters. The van der Waals surface area contributed by atoms with Crippen LogP contribution in [0.2, 0.25) is 0 Å². The lowest BCUT2D eigenvalue weighted by molar-refractivity contribution is 0.357. The number of hydrogen-bond acceptors (Lipinski definition) is 8. The molecule has 0 N–H and O–H groups in total. The summed E-state index contributed by atoms with van der Waals surface area (Å²) in [7, 11) is -11.3. The minimum atomic E-state index is -5.64. The van der Waals surface area contributed by atoms with Gasteiger partial charge in [0.25, 0.3) is 0 Å². The summed E-state index contributed by atoms with van der Waals surface area (Å²) in [5.41, 5.74) is -3.23. The molecule has 0 spiro atoms. The van der Waals surface area contributed by atoms with E-state index in [1.54, 1.807) is 24.3 Å². The summed E-state index contributed by atoms with van der Waals surface area (Å²) < 4.78 is 197. The van der Waals surface area contributed by atoms with Crippen LogP contribution in [0.4, 0.5) is 43.9 Å². The zero-order valence-electron chi connectivity index (χ0n) is 27.6. The van der Waals surface area contributed by atoms with E-state index in [0.29, 0.717) is 18.2 Å². The van der Waals surface area contributed by atoms with E-state index in [2.05, 4.69) is 0 Å². The molecule has 0 aromatic heterocycles. The molecule has 5 aromatic rings. The van der Waals surface area contributed by atoms with Crippen LogP contribution in [0.3, 0.4) is 0 Å². The molecule has 0 heterocycles. The van der Waals surface area contributed by atoms with E-state index in [1.165, 1.54) is 12.1 Å². The van der Waals surface area contributed by atoms with Crippen LogP contribution in [-0.4, -0.2) is 16.8 Å². The van der Waals surface area contributed by atoms with Crippen LogP contribution in [0.25, 0.3) is 33.4 Å². The van der Waals surface area contributed by atoms with E-state index in [0.717, 1.165) is 18.2 Å². The number of allylic oxidation sites excluding steroid dienone is 2. The number of halogens is 10. The van der Waals surface area contributed by atoms with E-state index < -0.39 is 114 Å². The SMILES string of the molecule is N#CC(C#N)=C1c2cc(S(=O)(=O)c3c(F)c(F)c(F)c(F)c3F)ccc2-c2c1ccc1c2C(=C(C#N)C#N)c2cc(S(=O)(=O)c3c(F)c(F)c(F)c(F)c3F)ccc2-1. The second-order valence-electron chi connectivity index (χ2n) is 12.1. The molecule has 0 amide bonds. The highest BCUT2D eigenvalue weighted by Crippen LogP contribution is 2.57. The molecule has 58 heavy (non-hydrogen) atoms. The maximum Gasteiger partial charge on any atom is 0.212 e. The third-order valence-corrected chi connectivity index (χ3v) is 12.8. The van der Waals surface area contributed by atoms with Crippen molar-refractivity contribution in [2.75, 3.05) is 0 Å². The van der Waals surface area contributed by atoms with Gasteiger partial charge in [-0.1, -0.05) is 24.3 Å². The van der Waals surface area contributed by atoms with E-state index in [-0.39, 0.29) is 50.1 Å². The lowest BCUT2D eigenvalue weighted by Gasteiger charge is -2.12. The number of sulfone groups is 2. The molecule has 8 nitrogen and oxygen atoms in total. The van der Waals surface area contributed by atoms with Crippen LogP contribution in [0.5, 0.6) is 0 Å². The van der Waals surface area contributed by atoms with Crippen molar-refractivity contribution in [1.29, 1.82) is 21.0 Å². The molecule has 0 saturated carbocycles. The summed E-state index contributed by atoms with van der Waals surface area (Å²) in [5.74, 6) is -26.4. The van der Waals surface area contributed by atoms with Gasteiger partial charge in [-0.15, -0.1) is 0 Å². The van der Waals surface area contributed by atoms with Gasteiger partial charge in [-0.05, 0) is 63.2 Å². The Labute approximate surface area is 318 Å². The summed E-state index contributed by atoms with van der Waals surface area (Å²) in [5, 5.41) is 39.9. The highest BCUT2D eigenvalue weighted by molar-refractivity contribution is 7.91. The summed E-state index contributed by atoms with van der Waals surface area (Å²) >= 11 is 0. The van der Waals surface area contributed by atoms with Crippen molar-refractivity contribution in [2.24, 2.45) is 0 Å². The van der Waals surface area contributed by atoms with Gasteiger partial charge in [0.05, 0.1) is 9.79 Å². The second-order valence-corrected chi connectivity index (χ2v) is 15.9. The number of nitriles is 4. The van der Waals surface area contributed by atoms with Crippen molar-refractivity contribution in [3.8, 4) is 46.5 Å². The Morgan fingerprint density at radius 1 is 0.379 bits per heavy atom. The Kier molecular flexibility index (Phi) is 8.85. The Morgan fingerprint density at radius 3 is 1.12 bits per heavy atom. The van der Waals surface area contributed by atoms with Gasteiger partial charge in [0.15, 0.2) is 46.5 Å². The van der Waals surface area contributed by atoms with Crippen molar-refractivity contribution in [3.05, 3.63) is 140 Å². The van der Waals surface area contributed by atoms with Gasteiger partial charge in [-0.3, -0.25) is 0 Å². The van der Waals surface area contributed by atoms with Crippen LogP contribution in [0.1, 0.15) is 22.3 Å². The lowest BCUT2D eigenvalue weighted by Crippen LogP contribution is -2.13. The second kappa shape index (κ2) is 13.2. The summed E-state index contributed by atoms with van der Waals surface area (Å²) in [4.78, 5) is -6.61. The van der Waals surface area contributed by atoms with Crippen LogP contribution >= 0.6 is 0 Å². The molecule has 2 aliphatic rings. The van der Waals surface area contributed by atoms with E-state index in [9.17, 15) is 81.8 Å². The summed E-state index contributed by atoms with van der Waals surface area (Å²) in [6, 6.07) is 13.6. The number of benzene rings is 5.